The molecule has 0 amide bonds. The second-order valence-corrected chi connectivity index (χ2v) is 5.17. The molecule has 0 bridgehead atoms. The summed E-state index contributed by atoms with van der Waals surface area (Å²) in [6.45, 7) is 0.731. The zero-order chi connectivity index (χ0) is 16.1. The Morgan fingerprint density at radius 2 is 1.78 bits per heavy atom. The Kier molecular flexibility index (Phi) is 4.68. The van der Waals surface area contributed by atoms with Crippen molar-refractivity contribution in [3.8, 4) is 11.3 Å². The van der Waals surface area contributed by atoms with Crippen molar-refractivity contribution in [2.45, 2.75) is 13.1 Å². The third kappa shape index (κ3) is 3.57. The lowest BCUT2D eigenvalue weighted by molar-refractivity contribution is 0.270. The summed E-state index contributed by atoms with van der Waals surface area (Å²) in [6, 6.07) is 18.4. The van der Waals surface area contributed by atoms with Crippen LogP contribution in [0.2, 0.25) is 0 Å². The van der Waals surface area contributed by atoms with Crippen LogP contribution in [0.4, 0.5) is 10.2 Å². The maximum atomic E-state index is 13.7. The highest BCUT2D eigenvalue weighted by atomic mass is 19.1. The van der Waals surface area contributed by atoms with Gasteiger partial charge in [-0.25, -0.2) is 9.07 Å². The van der Waals surface area contributed by atoms with Gasteiger partial charge in [0.2, 0.25) is 0 Å². The number of nitrogens with one attached hydrogen (secondary N) is 1. The fourth-order valence-electron chi connectivity index (χ4n) is 2.40. The fourth-order valence-corrected chi connectivity index (χ4v) is 2.40. The molecule has 3 rings (SSSR count). The SMILES string of the molecule is OCCn1nc(-c2ccccc2)cc1NCc1ccccc1F. The molecule has 0 aliphatic rings. The zero-order valence-electron chi connectivity index (χ0n) is 12.6. The smallest absolute Gasteiger partial charge is 0.128 e. The summed E-state index contributed by atoms with van der Waals surface area (Å²) in [7, 11) is 0. The van der Waals surface area contributed by atoms with Gasteiger partial charge in [0.15, 0.2) is 0 Å². The lowest BCUT2D eigenvalue weighted by Gasteiger charge is -2.09. The number of aromatic nitrogens is 2. The van der Waals surface area contributed by atoms with E-state index in [2.05, 4.69) is 10.4 Å². The first-order valence-corrected chi connectivity index (χ1v) is 7.49. The summed E-state index contributed by atoms with van der Waals surface area (Å²) in [5.41, 5.74) is 2.40. The van der Waals surface area contributed by atoms with Crippen LogP contribution < -0.4 is 5.32 Å². The lowest BCUT2D eigenvalue weighted by Crippen LogP contribution is -2.10. The van der Waals surface area contributed by atoms with Crippen molar-refractivity contribution in [1.82, 2.24) is 9.78 Å². The number of anilines is 1. The number of hydrogen-bond donors (Lipinski definition) is 2. The average molecular weight is 311 g/mol. The van der Waals surface area contributed by atoms with E-state index in [-0.39, 0.29) is 12.4 Å². The molecule has 23 heavy (non-hydrogen) atoms. The van der Waals surface area contributed by atoms with Crippen molar-refractivity contribution in [2.24, 2.45) is 0 Å². The second-order valence-electron chi connectivity index (χ2n) is 5.17. The fraction of sp³-hybridized carbons (Fsp3) is 0.167. The number of rotatable bonds is 6. The third-order valence-corrected chi connectivity index (χ3v) is 3.58. The highest BCUT2D eigenvalue weighted by Crippen LogP contribution is 2.22. The first-order valence-electron chi connectivity index (χ1n) is 7.49. The molecule has 0 fully saturated rings. The summed E-state index contributed by atoms with van der Waals surface area (Å²) in [4.78, 5) is 0. The lowest BCUT2D eigenvalue weighted by atomic mass is 10.1. The van der Waals surface area contributed by atoms with Crippen molar-refractivity contribution in [3.63, 3.8) is 0 Å². The van der Waals surface area contributed by atoms with Gasteiger partial charge in [-0.15, -0.1) is 0 Å². The van der Waals surface area contributed by atoms with Crippen LogP contribution in [0.15, 0.2) is 60.7 Å². The minimum Gasteiger partial charge on any atom is -0.394 e. The van der Waals surface area contributed by atoms with Crippen LogP contribution in [0.5, 0.6) is 0 Å². The van der Waals surface area contributed by atoms with Crippen LogP contribution in [-0.2, 0) is 13.1 Å². The number of aliphatic hydroxyl groups is 1. The molecule has 3 aromatic rings. The first-order chi connectivity index (χ1) is 11.3. The molecule has 0 saturated heterocycles. The van der Waals surface area contributed by atoms with Crippen LogP contribution in [0.3, 0.4) is 0 Å². The topological polar surface area (TPSA) is 50.1 Å². The van der Waals surface area contributed by atoms with Gasteiger partial charge in [0.25, 0.3) is 0 Å². The van der Waals surface area contributed by atoms with Gasteiger partial charge in [0, 0.05) is 23.7 Å². The van der Waals surface area contributed by atoms with Gasteiger partial charge >= 0.3 is 0 Å². The minimum atomic E-state index is -0.239. The molecule has 0 atom stereocenters. The highest BCUT2D eigenvalue weighted by molar-refractivity contribution is 5.63. The van der Waals surface area contributed by atoms with Gasteiger partial charge < -0.3 is 10.4 Å². The van der Waals surface area contributed by atoms with Crippen LogP contribution in [0, 0.1) is 5.82 Å². The first kappa shape index (κ1) is 15.2. The molecule has 1 heterocycles. The molecule has 2 N–H and O–H groups in total. The van der Waals surface area contributed by atoms with E-state index in [1.54, 1.807) is 22.9 Å². The molecule has 0 aliphatic carbocycles. The molecule has 1 aromatic heterocycles. The Bertz CT molecular complexity index is 771. The Balaban J connectivity index is 1.83. The number of benzene rings is 2. The maximum absolute atomic E-state index is 13.7. The number of aliphatic hydroxyl groups excluding tert-OH is 1. The summed E-state index contributed by atoms with van der Waals surface area (Å²) in [5.74, 6) is 0.512. The Labute approximate surface area is 134 Å². The standard InChI is InChI=1S/C18H18FN3O/c19-16-9-5-4-8-15(16)13-20-18-12-17(21-22(18)10-11-23)14-6-2-1-3-7-14/h1-9,12,20,23H,10-11,13H2. The Hall–Kier alpha value is -2.66. The average Bonchev–Trinajstić information content (AvgIpc) is 2.98. The van der Waals surface area contributed by atoms with Gasteiger partial charge in [0.1, 0.15) is 11.6 Å². The van der Waals surface area contributed by atoms with E-state index in [1.807, 2.05) is 36.4 Å². The van der Waals surface area contributed by atoms with E-state index in [9.17, 15) is 9.50 Å². The maximum Gasteiger partial charge on any atom is 0.128 e. The van der Waals surface area contributed by atoms with Gasteiger partial charge in [0.05, 0.1) is 18.8 Å². The van der Waals surface area contributed by atoms with Crippen molar-refractivity contribution >= 4 is 5.82 Å². The van der Waals surface area contributed by atoms with E-state index in [4.69, 9.17) is 0 Å². The van der Waals surface area contributed by atoms with E-state index in [1.165, 1.54) is 6.07 Å². The minimum absolute atomic E-state index is 0.00964. The Morgan fingerprint density at radius 3 is 2.52 bits per heavy atom. The summed E-state index contributed by atoms with van der Waals surface area (Å²) in [6.07, 6.45) is 0. The molecule has 5 heteroatoms. The van der Waals surface area contributed by atoms with Crippen LogP contribution >= 0.6 is 0 Å². The van der Waals surface area contributed by atoms with Crippen LogP contribution in [-0.4, -0.2) is 21.5 Å². The second kappa shape index (κ2) is 7.07. The predicted octanol–water partition coefficient (Wildman–Crippen LogP) is 3.29. The van der Waals surface area contributed by atoms with Gasteiger partial charge in [-0.1, -0.05) is 48.5 Å². The molecule has 0 saturated carbocycles. The van der Waals surface area contributed by atoms with Crippen molar-refractivity contribution in [2.75, 3.05) is 11.9 Å². The van der Waals surface area contributed by atoms with Crippen molar-refractivity contribution in [3.05, 3.63) is 72.0 Å². The molecule has 0 spiro atoms. The monoisotopic (exact) mass is 311 g/mol. The molecule has 0 aliphatic heterocycles. The van der Waals surface area contributed by atoms with Crippen molar-refractivity contribution in [1.29, 1.82) is 0 Å². The number of halogens is 1. The molecular weight excluding hydrogens is 293 g/mol. The molecule has 118 valence electrons. The van der Waals surface area contributed by atoms with E-state index >= 15 is 0 Å². The molecule has 4 nitrogen and oxygen atoms in total. The van der Waals surface area contributed by atoms with E-state index in [0.29, 0.717) is 18.7 Å². The highest BCUT2D eigenvalue weighted by Gasteiger charge is 2.10. The van der Waals surface area contributed by atoms with E-state index < -0.39 is 0 Å². The Morgan fingerprint density at radius 1 is 1.04 bits per heavy atom. The van der Waals surface area contributed by atoms with E-state index in [0.717, 1.165) is 17.1 Å². The van der Waals surface area contributed by atoms with Gasteiger partial charge in [-0.05, 0) is 6.07 Å². The van der Waals surface area contributed by atoms with Gasteiger partial charge in [-0.3, -0.25) is 0 Å². The van der Waals surface area contributed by atoms with Crippen LogP contribution in [0.25, 0.3) is 11.3 Å². The molecule has 0 radical (unpaired) electrons. The zero-order valence-corrected chi connectivity index (χ0v) is 12.6. The summed E-state index contributed by atoms with van der Waals surface area (Å²) < 4.78 is 15.4. The molecule has 0 unspecified atom stereocenters. The molecule has 2 aromatic carbocycles. The largest absolute Gasteiger partial charge is 0.394 e. The quantitative estimate of drug-likeness (QED) is 0.734. The molecular formula is C18H18FN3O. The van der Waals surface area contributed by atoms with Crippen LogP contribution in [0.1, 0.15) is 5.56 Å². The summed E-state index contributed by atoms with van der Waals surface area (Å²) in [5, 5.41) is 16.9. The third-order valence-electron chi connectivity index (χ3n) is 3.58. The number of hydrogen-bond acceptors (Lipinski definition) is 3. The summed E-state index contributed by atoms with van der Waals surface area (Å²) >= 11 is 0. The van der Waals surface area contributed by atoms with Gasteiger partial charge in [-0.2, -0.15) is 5.10 Å². The predicted molar refractivity (Wildman–Crippen MR) is 88.5 cm³/mol. The number of nitrogens with zero attached hydrogens (tertiary/aromatic N) is 2. The normalized spacial score (nSPS) is 10.7. The van der Waals surface area contributed by atoms with Crippen molar-refractivity contribution < 1.29 is 9.50 Å².